The molecule has 0 atom stereocenters. The molecule has 0 radical (unpaired) electrons. The van der Waals surface area contributed by atoms with Gasteiger partial charge in [-0.15, -0.1) is 0 Å². The monoisotopic (exact) mass is 278 g/mol. The predicted molar refractivity (Wildman–Crippen MR) is 83.4 cm³/mol. The van der Waals surface area contributed by atoms with E-state index in [1.165, 1.54) is 12.8 Å². The van der Waals surface area contributed by atoms with Crippen molar-refractivity contribution in [3.8, 4) is 0 Å². The molecule has 1 aromatic heterocycles. The van der Waals surface area contributed by atoms with Crippen LogP contribution in [0.1, 0.15) is 40.5 Å². The van der Waals surface area contributed by atoms with Gasteiger partial charge < -0.3 is 15.5 Å². The SMILES string of the molecule is CCNc1nc(NC2CC(C)C2)nc(N(CC)CC)n1. The first-order valence-corrected chi connectivity index (χ1v) is 7.67. The molecule has 1 aliphatic rings. The van der Waals surface area contributed by atoms with Crippen molar-refractivity contribution in [2.45, 2.75) is 46.6 Å². The molecule has 0 bridgehead atoms. The van der Waals surface area contributed by atoms with Crippen molar-refractivity contribution in [2.24, 2.45) is 5.92 Å². The fourth-order valence-electron chi connectivity index (χ4n) is 2.52. The lowest BCUT2D eigenvalue weighted by Crippen LogP contribution is -2.35. The van der Waals surface area contributed by atoms with E-state index in [9.17, 15) is 0 Å². The van der Waals surface area contributed by atoms with E-state index in [4.69, 9.17) is 0 Å². The Hall–Kier alpha value is -1.59. The standard InChI is InChI=1S/C14H26N6/c1-5-15-12-17-13(16-11-8-10(4)9-11)19-14(18-12)20(6-2)7-3/h10-11H,5-9H2,1-4H3,(H2,15,16,17,18,19). The summed E-state index contributed by atoms with van der Waals surface area (Å²) in [5.41, 5.74) is 0. The molecular formula is C14H26N6. The number of hydrogen-bond acceptors (Lipinski definition) is 6. The highest BCUT2D eigenvalue weighted by molar-refractivity contribution is 5.44. The second-order valence-corrected chi connectivity index (χ2v) is 5.40. The van der Waals surface area contributed by atoms with Crippen LogP contribution in [-0.4, -0.2) is 40.6 Å². The third kappa shape index (κ3) is 3.49. The van der Waals surface area contributed by atoms with Crippen LogP contribution in [0.15, 0.2) is 0 Å². The van der Waals surface area contributed by atoms with Crippen LogP contribution in [0.5, 0.6) is 0 Å². The number of rotatable bonds is 7. The molecule has 2 N–H and O–H groups in total. The minimum atomic E-state index is 0.506. The van der Waals surface area contributed by atoms with Gasteiger partial charge in [0.05, 0.1) is 0 Å². The highest BCUT2D eigenvalue weighted by Crippen LogP contribution is 2.29. The van der Waals surface area contributed by atoms with E-state index in [0.29, 0.717) is 17.9 Å². The summed E-state index contributed by atoms with van der Waals surface area (Å²) in [4.78, 5) is 15.6. The summed E-state index contributed by atoms with van der Waals surface area (Å²) < 4.78 is 0. The lowest BCUT2D eigenvalue weighted by Gasteiger charge is -2.33. The largest absolute Gasteiger partial charge is 0.354 e. The van der Waals surface area contributed by atoms with Crippen LogP contribution in [0, 0.1) is 5.92 Å². The average molecular weight is 278 g/mol. The molecule has 1 aromatic rings. The topological polar surface area (TPSA) is 66.0 Å². The summed E-state index contributed by atoms with van der Waals surface area (Å²) in [6.45, 7) is 11.1. The minimum Gasteiger partial charge on any atom is -0.354 e. The fourth-order valence-corrected chi connectivity index (χ4v) is 2.52. The molecule has 1 aliphatic carbocycles. The Morgan fingerprint density at radius 3 is 2.25 bits per heavy atom. The molecule has 20 heavy (non-hydrogen) atoms. The van der Waals surface area contributed by atoms with Gasteiger partial charge in [-0.25, -0.2) is 0 Å². The van der Waals surface area contributed by atoms with Crippen molar-refractivity contribution in [1.29, 1.82) is 0 Å². The highest BCUT2D eigenvalue weighted by Gasteiger charge is 2.26. The quantitative estimate of drug-likeness (QED) is 0.798. The number of anilines is 3. The first kappa shape index (κ1) is 14.8. The molecular weight excluding hydrogens is 252 g/mol. The fraction of sp³-hybridized carbons (Fsp3) is 0.786. The van der Waals surface area contributed by atoms with Crippen LogP contribution in [0.25, 0.3) is 0 Å². The zero-order valence-electron chi connectivity index (χ0n) is 13.0. The van der Waals surface area contributed by atoms with Crippen molar-refractivity contribution in [2.75, 3.05) is 35.2 Å². The van der Waals surface area contributed by atoms with Crippen molar-refractivity contribution >= 4 is 17.8 Å². The third-order valence-corrected chi connectivity index (χ3v) is 3.71. The van der Waals surface area contributed by atoms with Crippen LogP contribution in [0.4, 0.5) is 17.8 Å². The molecule has 1 fully saturated rings. The van der Waals surface area contributed by atoms with E-state index < -0.39 is 0 Å². The average Bonchev–Trinajstić information content (AvgIpc) is 2.39. The van der Waals surface area contributed by atoms with Gasteiger partial charge >= 0.3 is 0 Å². The van der Waals surface area contributed by atoms with E-state index >= 15 is 0 Å². The second kappa shape index (κ2) is 6.72. The summed E-state index contributed by atoms with van der Waals surface area (Å²) in [7, 11) is 0. The van der Waals surface area contributed by atoms with Gasteiger partial charge in [0, 0.05) is 25.7 Å². The van der Waals surface area contributed by atoms with Gasteiger partial charge in [-0.05, 0) is 39.5 Å². The molecule has 1 saturated carbocycles. The Morgan fingerprint density at radius 1 is 1.05 bits per heavy atom. The maximum Gasteiger partial charge on any atom is 0.231 e. The van der Waals surface area contributed by atoms with Crippen molar-refractivity contribution in [1.82, 2.24) is 15.0 Å². The maximum atomic E-state index is 4.56. The van der Waals surface area contributed by atoms with Crippen molar-refractivity contribution in [3.63, 3.8) is 0 Å². The van der Waals surface area contributed by atoms with Gasteiger partial charge in [0.1, 0.15) is 0 Å². The normalized spacial score (nSPS) is 21.2. The van der Waals surface area contributed by atoms with E-state index in [0.717, 1.165) is 31.5 Å². The summed E-state index contributed by atoms with van der Waals surface area (Å²) in [5, 5.41) is 6.60. The van der Waals surface area contributed by atoms with Crippen LogP contribution in [0.2, 0.25) is 0 Å². The van der Waals surface area contributed by atoms with Gasteiger partial charge in [-0.1, -0.05) is 6.92 Å². The highest BCUT2D eigenvalue weighted by atomic mass is 15.3. The molecule has 2 rings (SSSR count). The molecule has 0 amide bonds. The minimum absolute atomic E-state index is 0.506. The molecule has 6 heteroatoms. The summed E-state index contributed by atoms with van der Waals surface area (Å²) in [6.07, 6.45) is 2.39. The molecule has 112 valence electrons. The number of nitrogens with zero attached hydrogens (tertiary/aromatic N) is 4. The predicted octanol–water partition coefficient (Wildman–Crippen LogP) is 2.36. The Morgan fingerprint density at radius 2 is 1.70 bits per heavy atom. The Kier molecular flexibility index (Phi) is 4.98. The van der Waals surface area contributed by atoms with Crippen molar-refractivity contribution < 1.29 is 0 Å². The zero-order valence-corrected chi connectivity index (χ0v) is 13.0. The van der Waals surface area contributed by atoms with E-state index in [-0.39, 0.29) is 0 Å². The third-order valence-electron chi connectivity index (χ3n) is 3.71. The molecule has 0 spiro atoms. The van der Waals surface area contributed by atoms with Crippen LogP contribution < -0.4 is 15.5 Å². The van der Waals surface area contributed by atoms with Crippen LogP contribution in [-0.2, 0) is 0 Å². The van der Waals surface area contributed by atoms with Crippen LogP contribution >= 0.6 is 0 Å². The van der Waals surface area contributed by atoms with Crippen molar-refractivity contribution in [3.05, 3.63) is 0 Å². The number of hydrogen-bond donors (Lipinski definition) is 2. The molecule has 1 heterocycles. The van der Waals surface area contributed by atoms with Crippen LogP contribution in [0.3, 0.4) is 0 Å². The Bertz CT molecular complexity index is 426. The summed E-state index contributed by atoms with van der Waals surface area (Å²) >= 11 is 0. The van der Waals surface area contributed by atoms with E-state index in [1.807, 2.05) is 6.92 Å². The van der Waals surface area contributed by atoms with Gasteiger partial charge in [0.25, 0.3) is 0 Å². The molecule has 0 unspecified atom stereocenters. The summed E-state index contributed by atoms with van der Waals surface area (Å²) in [6, 6.07) is 0.506. The smallest absolute Gasteiger partial charge is 0.231 e. The first-order valence-electron chi connectivity index (χ1n) is 7.67. The molecule has 0 aliphatic heterocycles. The van der Waals surface area contributed by atoms with Gasteiger partial charge in [0.15, 0.2) is 0 Å². The van der Waals surface area contributed by atoms with Gasteiger partial charge in [-0.2, -0.15) is 15.0 Å². The molecule has 6 nitrogen and oxygen atoms in total. The second-order valence-electron chi connectivity index (χ2n) is 5.40. The lowest BCUT2D eigenvalue weighted by atomic mass is 9.82. The number of aromatic nitrogens is 3. The van der Waals surface area contributed by atoms with E-state index in [2.05, 4.69) is 51.3 Å². The van der Waals surface area contributed by atoms with E-state index in [1.54, 1.807) is 0 Å². The molecule has 0 saturated heterocycles. The first-order chi connectivity index (χ1) is 9.66. The number of nitrogens with one attached hydrogen (secondary N) is 2. The van der Waals surface area contributed by atoms with Gasteiger partial charge in [-0.3, -0.25) is 0 Å². The molecule has 0 aromatic carbocycles. The van der Waals surface area contributed by atoms with Gasteiger partial charge in [0.2, 0.25) is 17.8 Å². The Labute approximate surface area is 121 Å². The maximum absolute atomic E-state index is 4.56. The summed E-state index contributed by atoms with van der Waals surface area (Å²) in [5.74, 6) is 2.90. The Balaban J connectivity index is 2.16. The lowest BCUT2D eigenvalue weighted by molar-refractivity contribution is 0.308. The zero-order chi connectivity index (χ0) is 14.5.